The molecular weight excluding hydrogens is 294 g/mol. The number of hydrogen-bond donors (Lipinski definition) is 0. The van der Waals surface area contributed by atoms with Crippen LogP contribution in [-0.4, -0.2) is 10.9 Å². The van der Waals surface area contributed by atoms with Crippen molar-refractivity contribution in [1.82, 2.24) is 0 Å². The first-order valence-corrected chi connectivity index (χ1v) is 6.33. The van der Waals surface area contributed by atoms with E-state index in [9.17, 15) is 14.9 Å². The molecule has 0 saturated heterocycles. The third-order valence-corrected chi connectivity index (χ3v) is 2.78. The van der Waals surface area contributed by atoms with Gasteiger partial charge in [-0.15, -0.1) is 0 Å². The highest BCUT2D eigenvalue weighted by Gasteiger charge is 2.21. The number of carbonyl (C=O) groups is 1. The maximum atomic E-state index is 11.9. The Morgan fingerprint density at radius 2 is 1.71 bits per heavy atom. The highest BCUT2D eigenvalue weighted by Crippen LogP contribution is 2.21. The minimum absolute atomic E-state index is 0.151. The highest BCUT2D eigenvalue weighted by atomic mass is 35.5. The molecule has 2 rings (SSSR count). The molecule has 2 aromatic rings. The number of carbonyl (C=O) groups excluding carboxylic acids is 1. The summed E-state index contributed by atoms with van der Waals surface area (Å²) in [6.45, 7) is 0. The molecule has 0 unspecified atom stereocenters. The summed E-state index contributed by atoms with van der Waals surface area (Å²) in [5.41, 5.74) is 0.270. The van der Waals surface area contributed by atoms with Crippen LogP contribution < -0.4 is 0 Å². The molecule has 0 saturated carbocycles. The number of para-hydroxylation sites is 1. The van der Waals surface area contributed by atoms with Gasteiger partial charge in [0, 0.05) is 12.1 Å². The lowest BCUT2D eigenvalue weighted by Crippen LogP contribution is -2.06. The first-order valence-electron chi connectivity index (χ1n) is 5.96. The number of benzene rings is 2. The molecule has 0 aliphatic heterocycles. The quantitative estimate of drug-likeness (QED) is 0.370. The lowest BCUT2D eigenvalue weighted by atomic mass is 10.2. The average Bonchev–Trinajstić information content (AvgIpc) is 2.48. The molecule has 21 heavy (non-hydrogen) atoms. The van der Waals surface area contributed by atoms with Crippen LogP contribution in [0.15, 0.2) is 59.8 Å². The van der Waals surface area contributed by atoms with Gasteiger partial charge in [-0.3, -0.25) is 10.1 Å². The van der Waals surface area contributed by atoms with Gasteiger partial charge in [0.15, 0.2) is 5.22 Å². The summed E-state index contributed by atoms with van der Waals surface area (Å²) in [5.74, 6) is -0.875. The van der Waals surface area contributed by atoms with Crippen molar-refractivity contribution >= 4 is 29.3 Å². The molecule has 0 N–H and O–H groups in total. The van der Waals surface area contributed by atoms with Gasteiger partial charge in [0.25, 0.3) is 5.69 Å². The van der Waals surface area contributed by atoms with E-state index >= 15 is 0 Å². The summed E-state index contributed by atoms with van der Waals surface area (Å²) >= 11 is 5.84. The fraction of sp³-hybridized carbons (Fsp3) is 0. The fourth-order valence-corrected chi connectivity index (χ4v) is 1.85. The second-order valence-corrected chi connectivity index (χ2v) is 4.40. The maximum Gasteiger partial charge on any atom is 0.351 e. The van der Waals surface area contributed by atoms with Gasteiger partial charge >= 0.3 is 5.97 Å². The van der Waals surface area contributed by atoms with Crippen molar-refractivity contribution in [3.05, 3.63) is 81.1 Å². The monoisotopic (exact) mass is 303 g/mol. The van der Waals surface area contributed by atoms with Gasteiger partial charge in [-0.05, 0) is 23.2 Å². The maximum absolute atomic E-state index is 11.9. The van der Waals surface area contributed by atoms with Gasteiger partial charge in [0.1, 0.15) is 5.56 Å². The van der Waals surface area contributed by atoms with Crippen LogP contribution in [0.25, 0.3) is 6.08 Å². The Morgan fingerprint density at radius 3 is 2.38 bits per heavy atom. The van der Waals surface area contributed by atoms with Gasteiger partial charge in [-0.1, -0.05) is 42.5 Å². The molecule has 0 bridgehead atoms. The lowest BCUT2D eigenvalue weighted by molar-refractivity contribution is -0.385. The third-order valence-electron chi connectivity index (χ3n) is 2.59. The SMILES string of the molecule is O=C(OC(Cl)=Cc1ccccc1)c1ccccc1[N+](=O)[O-]. The Morgan fingerprint density at radius 1 is 1.10 bits per heavy atom. The van der Waals surface area contributed by atoms with Gasteiger partial charge in [-0.25, -0.2) is 4.79 Å². The summed E-state index contributed by atoms with van der Waals surface area (Å²) in [6.07, 6.45) is 1.45. The zero-order chi connectivity index (χ0) is 15.2. The molecule has 2 aromatic carbocycles. The zero-order valence-electron chi connectivity index (χ0n) is 10.7. The van der Waals surface area contributed by atoms with Crippen molar-refractivity contribution in [1.29, 1.82) is 0 Å². The number of hydrogen-bond acceptors (Lipinski definition) is 4. The van der Waals surface area contributed by atoms with Crippen molar-refractivity contribution in [3.8, 4) is 0 Å². The Balaban J connectivity index is 2.19. The van der Waals surface area contributed by atoms with Crippen LogP contribution >= 0.6 is 11.6 Å². The zero-order valence-corrected chi connectivity index (χ0v) is 11.5. The van der Waals surface area contributed by atoms with E-state index in [4.69, 9.17) is 16.3 Å². The largest absolute Gasteiger partial charge is 0.410 e. The molecule has 0 atom stereocenters. The smallest absolute Gasteiger partial charge is 0.351 e. The van der Waals surface area contributed by atoms with Crippen LogP contribution in [0.5, 0.6) is 0 Å². The number of halogens is 1. The van der Waals surface area contributed by atoms with E-state index in [-0.39, 0.29) is 16.5 Å². The van der Waals surface area contributed by atoms with Gasteiger partial charge < -0.3 is 4.74 Å². The van der Waals surface area contributed by atoms with Crippen LogP contribution in [0.2, 0.25) is 0 Å². The Kier molecular flexibility index (Phi) is 4.68. The fourth-order valence-electron chi connectivity index (χ4n) is 1.66. The molecule has 5 nitrogen and oxygen atoms in total. The summed E-state index contributed by atoms with van der Waals surface area (Å²) in [7, 11) is 0. The minimum Gasteiger partial charge on any atom is -0.410 e. The molecular formula is C15H10ClNO4. The number of esters is 1. The highest BCUT2D eigenvalue weighted by molar-refractivity contribution is 6.31. The average molecular weight is 304 g/mol. The lowest BCUT2D eigenvalue weighted by Gasteiger charge is -2.03. The second-order valence-electron chi connectivity index (χ2n) is 4.02. The predicted molar refractivity (Wildman–Crippen MR) is 78.8 cm³/mol. The number of nitro groups is 1. The Hall–Kier alpha value is -2.66. The topological polar surface area (TPSA) is 69.4 Å². The van der Waals surface area contributed by atoms with E-state index in [1.807, 2.05) is 6.07 Å². The third kappa shape index (κ3) is 3.90. The van der Waals surface area contributed by atoms with E-state index in [0.29, 0.717) is 0 Å². The standard InChI is InChI=1S/C15H10ClNO4/c16-14(10-11-6-2-1-3-7-11)21-15(18)12-8-4-5-9-13(12)17(19)20/h1-10H. The number of ether oxygens (including phenoxy) is 1. The van der Waals surface area contributed by atoms with Crippen molar-refractivity contribution in [2.24, 2.45) is 0 Å². The first kappa shape index (κ1) is 14.7. The van der Waals surface area contributed by atoms with Crippen LogP contribution in [0.3, 0.4) is 0 Å². The Labute approximate surface area is 125 Å². The second kappa shape index (κ2) is 6.67. The predicted octanol–water partition coefficient (Wildman–Crippen LogP) is 3.99. The summed E-state index contributed by atoms with van der Waals surface area (Å²) < 4.78 is 4.91. The minimum atomic E-state index is -0.875. The van der Waals surface area contributed by atoms with E-state index < -0.39 is 10.9 Å². The van der Waals surface area contributed by atoms with Crippen molar-refractivity contribution in [2.75, 3.05) is 0 Å². The number of nitrogens with zero attached hydrogens (tertiary/aromatic N) is 1. The van der Waals surface area contributed by atoms with Crippen molar-refractivity contribution in [2.45, 2.75) is 0 Å². The Bertz CT molecular complexity index is 698. The molecule has 6 heteroatoms. The van der Waals surface area contributed by atoms with Crippen LogP contribution in [0.1, 0.15) is 15.9 Å². The normalized spacial score (nSPS) is 11.0. The van der Waals surface area contributed by atoms with Crippen LogP contribution in [0.4, 0.5) is 5.69 Å². The first-order chi connectivity index (χ1) is 10.1. The number of nitro benzene ring substituents is 1. The molecule has 0 amide bonds. The van der Waals surface area contributed by atoms with Crippen molar-refractivity contribution < 1.29 is 14.5 Å². The molecule has 0 spiro atoms. The molecule has 0 aliphatic rings. The molecule has 0 fully saturated rings. The molecule has 0 heterocycles. The van der Waals surface area contributed by atoms with E-state index in [1.54, 1.807) is 24.3 Å². The van der Waals surface area contributed by atoms with Crippen molar-refractivity contribution in [3.63, 3.8) is 0 Å². The van der Waals surface area contributed by atoms with Gasteiger partial charge in [-0.2, -0.15) is 0 Å². The molecule has 0 aliphatic carbocycles. The molecule has 0 radical (unpaired) electrons. The van der Waals surface area contributed by atoms with Gasteiger partial charge in [0.2, 0.25) is 0 Å². The van der Waals surface area contributed by atoms with E-state index in [0.717, 1.165) is 5.56 Å². The number of rotatable bonds is 4. The van der Waals surface area contributed by atoms with E-state index in [2.05, 4.69) is 0 Å². The molecule has 0 aromatic heterocycles. The molecule has 106 valence electrons. The summed E-state index contributed by atoms with van der Waals surface area (Å²) in [5, 5.41) is 10.7. The van der Waals surface area contributed by atoms with Crippen LogP contribution in [0, 0.1) is 10.1 Å². The summed E-state index contributed by atoms with van der Waals surface area (Å²) in [4.78, 5) is 22.1. The van der Waals surface area contributed by atoms with Gasteiger partial charge in [0.05, 0.1) is 4.92 Å². The van der Waals surface area contributed by atoms with Crippen LogP contribution in [-0.2, 0) is 4.74 Å². The summed E-state index contributed by atoms with van der Waals surface area (Å²) in [6, 6.07) is 14.5. The van der Waals surface area contributed by atoms with E-state index in [1.165, 1.54) is 30.3 Å².